The number of fused-ring (bicyclic) bond motifs is 1. The summed E-state index contributed by atoms with van der Waals surface area (Å²) in [7, 11) is 0. The predicted molar refractivity (Wildman–Crippen MR) is 70.7 cm³/mol. The van der Waals surface area contributed by atoms with E-state index in [2.05, 4.69) is 0 Å². The van der Waals surface area contributed by atoms with E-state index in [1.165, 1.54) is 12.5 Å². The second kappa shape index (κ2) is 5.50. The lowest BCUT2D eigenvalue weighted by atomic mass is 9.82. The summed E-state index contributed by atoms with van der Waals surface area (Å²) in [5.74, 6) is -1.08. The Morgan fingerprint density at radius 1 is 1.00 bits per heavy atom. The second-order valence-electron chi connectivity index (χ2n) is 6.01. The third-order valence-electron chi connectivity index (χ3n) is 4.63. The molecule has 1 aliphatic heterocycles. The molecule has 1 unspecified atom stereocenters. The molecule has 1 nitrogen and oxygen atoms in total. The highest BCUT2D eigenvalue weighted by atomic mass is 19.4. The average molecular weight is 302 g/mol. The maximum atomic E-state index is 14.1. The molecule has 1 atom stereocenters. The summed E-state index contributed by atoms with van der Waals surface area (Å²) >= 11 is 0. The average Bonchev–Trinajstić information content (AvgIpc) is 2.47. The Kier molecular flexibility index (Phi) is 3.84. The fraction of sp³-hybridized carbons (Fsp3) is 0.625. The van der Waals surface area contributed by atoms with Gasteiger partial charge in [-0.05, 0) is 43.2 Å². The summed E-state index contributed by atoms with van der Waals surface area (Å²) in [6.45, 7) is 0. The minimum absolute atomic E-state index is 0.143. The fourth-order valence-corrected chi connectivity index (χ4v) is 3.49. The smallest absolute Gasteiger partial charge is 0.419 e. The van der Waals surface area contributed by atoms with Crippen LogP contribution < -0.4 is 4.74 Å². The van der Waals surface area contributed by atoms with Crippen LogP contribution in [0.3, 0.4) is 0 Å². The van der Waals surface area contributed by atoms with E-state index < -0.39 is 17.6 Å². The quantitative estimate of drug-likeness (QED) is 0.654. The summed E-state index contributed by atoms with van der Waals surface area (Å²) in [6.07, 6.45) is 2.04. The Balaban J connectivity index is 1.86. The van der Waals surface area contributed by atoms with E-state index in [1.54, 1.807) is 0 Å². The van der Waals surface area contributed by atoms with Crippen molar-refractivity contribution in [2.24, 2.45) is 5.92 Å². The van der Waals surface area contributed by atoms with Crippen molar-refractivity contribution in [3.63, 3.8) is 0 Å². The highest BCUT2D eigenvalue weighted by Crippen LogP contribution is 2.41. The summed E-state index contributed by atoms with van der Waals surface area (Å²) in [5.41, 5.74) is -0.682. The first-order valence-corrected chi connectivity index (χ1v) is 7.52. The molecule has 0 bridgehead atoms. The first-order chi connectivity index (χ1) is 9.97. The van der Waals surface area contributed by atoms with Gasteiger partial charge in [-0.3, -0.25) is 0 Å². The van der Waals surface area contributed by atoms with Crippen molar-refractivity contribution in [3.8, 4) is 5.75 Å². The third-order valence-corrected chi connectivity index (χ3v) is 4.63. The maximum absolute atomic E-state index is 14.1. The first-order valence-electron chi connectivity index (χ1n) is 7.52. The normalized spacial score (nSPS) is 23.5. The van der Waals surface area contributed by atoms with E-state index in [0.717, 1.165) is 38.2 Å². The topological polar surface area (TPSA) is 9.23 Å². The molecule has 21 heavy (non-hydrogen) atoms. The second-order valence-corrected chi connectivity index (χ2v) is 6.01. The molecule has 3 rings (SSSR count). The van der Waals surface area contributed by atoms with Crippen LogP contribution in [-0.2, 0) is 12.6 Å². The van der Waals surface area contributed by atoms with Crippen LogP contribution in [0.1, 0.15) is 49.7 Å². The van der Waals surface area contributed by atoms with Gasteiger partial charge >= 0.3 is 6.18 Å². The van der Waals surface area contributed by atoms with Gasteiger partial charge in [-0.2, -0.15) is 13.2 Å². The van der Waals surface area contributed by atoms with Gasteiger partial charge in [-0.1, -0.05) is 25.3 Å². The predicted octanol–water partition coefficient (Wildman–Crippen LogP) is 5.12. The molecule has 1 aromatic rings. The fourth-order valence-electron chi connectivity index (χ4n) is 3.49. The largest absolute Gasteiger partial charge is 0.487 e. The lowest BCUT2D eigenvalue weighted by molar-refractivity contribution is -0.140. The van der Waals surface area contributed by atoms with Gasteiger partial charge in [-0.25, -0.2) is 4.39 Å². The van der Waals surface area contributed by atoms with E-state index in [4.69, 9.17) is 4.74 Å². The van der Waals surface area contributed by atoms with Crippen molar-refractivity contribution < 1.29 is 22.3 Å². The number of rotatable bonds is 1. The van der Waals surface area contributed by atoms with Crippen molar-refractivity contribution in [1.29, 1.82) is 0 Å². The van der Waals surface area contributed by atoms with Gasteiger partial charge in [0.25, 0.3) is 0 Å². The summed E-state index contributed by atoms with van der Waals surface area (Å²) in [4.78, 5) is 0. The molecule has 0 radical (unpaired) electrons. The summed E-state index contributed by atoms with van der Waals surface area (Å²) in [6, 6.07) is 2.16. The lowest BCUT2D eigenvalue weighted by Gasteiger charge is -2.34. The van der Waals surface area contributed by atoms with Crippen LogP contribution in [0.2, 0.25) is 0 Å². The third kappa shape index (κ3) is 2.87. The molecule has 1 saturated carbocycles. The molecule has 0 spiro atoms. The molecule has 2 aliphatic rings. The van der Waals surface area contributed by atoms with Crippen molar-refractivity contribution in [3.05, 3.63) is 29.1 Å². The molecule has 1 heterocycles. The van der Waals surface area contributed by atoms with Crippen molar-refractivity contribution in [2.75, 3.05) is 0 Å². The van der Waals surface area contributed by atoms with Crippen LogP contribution in [0.25, 0.3) is 0 Å². The van der Waals surface area contributed by atoms with Gasteiger partial charge < -0.3 is 4.74 Å². The van der Waals surface area contributed by atoms with Crippen LogP contribution in [0, 0.1) is 11.7 Å². The maximum Gasteiger partial charge on any atom is 0.419 e. The number of halogens is 4. The number of ether oxygens (including phenoxy) is 1. The Bertz CT molecular complexity index is 518. The molecule has 1 aliphatic carbocycles. The molecule has 1 aromatic carbocycles. The van der Waals surface area contributed by atoms with Gasteiger partial charge in [0.2, 0.25) is 0 Å². The van der Waals surface area contributed by atoms with E-state index in [9.17, 15) is 17.6 Å². The van der Waals surface area contributed by atoms with Crippen molar-refractivity contribution >= 4 is 0 Å². The summed E-state index contributed by atoms with van der Waals surface area (Å²) < 4.78 is 58.1. The van der Waals surface area contributed by atoms with E-state index >= 15 is 0 Å². The Morgan fingerprint density at radius 3 is 2.38 bits per heavy atom. The van der Waals surface area contributed by atoms with E-state index in [0.29, 0.717) is 17.9 Å². The zero-order valence-electron chi connectivity index (χ0n) is 11.7. The highest BCUT2D eigenvalue weighted by Gasteiger charge is 2.38. The highest BCUT2D eigenvalue weighted by molar-refractivity contribution is 5.42. The lowest BCUT2D eigenvalue weighted by Crippen LogP contribution is -2.33. The van der Waals surface area contributed by atoms with Gasteiger partial charge in [0.1, 0.15) is 6.10 Å². The molecule has 1 fully saturated rings. The molecule has 5 heteroatoms. The van der Waals surface area contributed by atoms with Crippen LogP contribution in [0.5, 0.6) is 5.75 Å². The minimum Gasteiger partial charge on any atom is -0.487 e. The monoisotopic (exact) mass is 302 g/mol. The number of alkyl halides is 3. The standard InChI is InChI=1S/C16H18F4O/c17-14-12(16(18,19)20)8-6-11-7-9-13(21-15(11)14)10-4-2-1-3-5-10/h6,8,10,13H,1-5,7,9H2. The van der Waals surface area contributed by atoms with Crippen LogP contribution in [-0.4, -0.2) is 6.10 Å². The van der Waals surface area contributed by atoms with Crippen LogP contribution in [0.4, 0.5) is 17.6 Å². The number of hydrogen-bond acceptors (Lipinski definition) is 1. The molecular formula is C16H18F4O. The van der Waals surface area contributed by atoms with E-state index in [-0.39, 0.29) is 11.9 Å². The Labute approximate surface area is 121 Å². The number of benzene rings is 1. The van der Waals surface area contributed by atoms with Gasteiger partial charge in [0.15, 0.2) is 11.6 Å². The molecule has 0 saturated heterocycles. The molecular weight excluding hydrogens is 284 g/mol. The molecule has 116 valence electrons. The van der Waals surface area contributed by atoms with E-state index in [1.807, 2.05) is 0 Å². The van der Waals surface area contributed by atoms with Crippen LogP contribution >= 0.6 is 0 Å². The first kappa shape index (κ1) is 14.7. The summed E-state index contributed by atoms with van der Waals surface area (Å²) in [5, 5.41) is 0. The van der Waals surface area contributed by atoms with Gasteiger partial charge in [0.05, 0.1) is 5.56 Å². The van der Waals surface area contributed by atoms with Gasteiger partial charge in [-0.15, -0.1) is 0 Å². The number of hydrogen-bond donors (Lipinski definition) is 0. The Morgan fingerprint density at radius 2 is 1.71 bits per heavy atom. The van der Waals surface area contributed by atoms with Crippen molar-refractivity contribution in [1.82, 2.24) is 0 Å². The van der Waals surface area contributed by atoms with Crippen molar-refractivity contribution in [2.45, 2.75) is 57.2 Å². The SMILES string of the molecule is Fc1c(C(F)(F)F)ccc2c1OC(C1CCCCC1)CC2. The Hall–Kier alpha value is -1.26. The molecule has 0 N–H and O–H groups in total. The minimum atomic E-state index is -4.68. The molecule has 0 aromatic heterocycles. The molecule has 0 amide bonds. The van der Waals surface area contributed by atoms with Gasteiger partial charge in [0, 0.05) is 0 Å². The van der Waals surface area contributed by atoms with Crippen LogP contribution in [0.15, 0.2) is 12.1 Å². The zero-order chi connectivity index (χ0) is 15.0. The zero-order valence-corrected chi connectivity index (χ0v) is 11.7. The number of aryl methyl sites for hydroxylation is 1.